The molecule has 3 heterocycles. The predicted octanol–water partition coefficient (Wildman–Crippen LogP) is 3.71. The molecule has 0 saturated heterocycles. The zero-order chi connectivity index (χ0) is 15.6. The first-order valence-corrected chi connectivity index (χ1v) is 7.97. The maximum absolute atomic E-state index is 12.0. The normalized spacial score (nSPS) is 10.8. The number of thiophene rings is 1. The fourth-order valence-electron chi connectivity index (χ4n) is 2.29. The highest BCUT2D eigenvalue weighted by molar-refractivity contribution is 7.08. The van der Waals surface area contributed by atoms with Gasteiger partial charge in [-0.15, -0.1) is 0 Å². The largest absolute Gasteiger partial charge is 0.322 e. The molecule has 5 nitrogen and oxygen atoms in total. The van der Waals surface area contributed by atoms with Gasteiger partial charge in [0.1, 0.15) is 0 Å². The van der Waals surface area contributed by atoms with Gasteiger partial charge in [-0.05, 0) is 29.6 Å². The second-order valence-corrected chi connectivity index (χ2v) is 5.78. The lowest BCUT2D eigenvalue weighted by Crippen LogP contribution is -2.10. The van der Waals surface area contributed by atoms with E-state index in [9.17, 15) is 4.79 Å². The molecule has 0 aliphatic heterocycles. The zero-order valence-electron chi connectivity index (χ0n) is 12.0. The first-order valence-electron chi connectivity index (χ1n) is 7.03. The van der Waals surface area contributed by atoms with Gasteiger partial charge in [0.25, 0.3) is 5.91 Å². The Hall–Kier alpha value is -2.99. The first-order chi connectivity index (χ1) is 11.3. The fraction of sp³-hybridized carbons (Fsp3) is 0. The molecule has 4 rings (SSSR count). The first kappa shape index (κ1) is 13.7. The molecule has 0 atom stereocenters. The average molecular weight is 320 g/mol. The van der Waals surface area contributed by atoms with Gasteiger partial charge in [0.15, 0.2) is 0 Å². The van der Waals surface area contributed by atoms with Crippen LogP contribution in [0.2, 0.25) is 0 Å². The van der Waals surface area contributed by atoms with E-state index in [2.05, 4.69) is 15.3 Å². The molecule has 1 aromatic carbocycles. The third-order valence-corrected chi connectivity index (χ3v) is 4.14. The quantitative estimate of drug-likeness (QED) is 0.626. The van der Waals surface area contributed by atoms with Crippen LogP contribution < -0.4 is 5.32 Å². The number of aromatic nitrogens is 3. The van der Waals surface area contributed by atoms with Crippen LogP contribution in [0.3, 0.4) is 0 Å². The summed E-state index contributed by atoms with van der Waals surface area (Å²) in [4.78, 5) is 20.7. The summed E-state index contributed by atoms with van der Waals surface area (Å²) < 4.78 is 1.88. The van der Waals surface area contributed by atoms with E-state index in [-0.39, 0.29) is 5.91 Å². The van der Waals surface area contributed by atoms with Gasteiger partial charge in [-0.25, -0.2) is 9.97 Å². The summed E-state index contributed by atoms with van der Waals surface area (Å²) in [5.74, 6) is 0.563. The number of nitrogens with one attached hydrogen (secondary N) is 1. The topological polar surface area (TPSA) is 59.3 Å². The van der Waals surface area contributed by atoms with Crippen molar-refractivity contribution in [2.45, 2.75) is 0 Å². The molecule has 23 heavy (non-hydrogen) atoms. The van der Waals surface area contributed by atoms with Gasteiger partial charge in [-0.3, -0.25) is 9.20 Å². The number of carbonyl (C=O) groups is 1. The molecule has 0 radical (unpaired) electrons. The van der Waals surface area contributed by atoms with Crippen LogP contribution in [0.4, 0.5) is 5.69 Å². The van der Waals surface area contributed by atoms with E-state index in [1.165, 1.54) is 11.3 Å². The van der Waals surface area contributed by atoms with Crippen molar-refractivity contribution >= 4 is 28.7 Å². The molecule has 0 fully saturated rings. The van der Waals surface area contributed by atoms with Gasteiger partial charge in [0.2, 0.25) is 5.78 Å². The molecule has 0 unspecified atom stereocenters. The van der Waals surface area contributed by atoms with Crippen LogP contribution in [0.15, 0.2) is 65.7 Å². The molecule has 0 aliphatic rings. The minimum Gasteiger partial charge on any atom is -0.322 e. The van der Waals surface area contributed by atoms with E-state index in [0.29, 0.717) is 11.3 Å². The molecule has 0 spiro atoms. The molecular formula is C17H12N4OS. The number of rotatable bonds is 3. The minimum atomic E-state index is -0.101. The molecule has 1 N–H and O–H groups in total. The Kier molecular flexibility index (Phi) is 3.36. The molecule has 0 aliphatic carbocycles. The Bertz CT molecular complexity index is 925. The highest BCUT2D eigenvalue weighted by atomic mass is 32.1. The number of fused-ring (bicyclic) bond motifs is 1. The van der Waals surface area contributed by atoms with E-state index in [1.54, 1.807) is 12.3 Å². The number of hydrogen-bond acceptors (Lipinski definition) is 4. The van der Waals surface area contributed by atoms with Gasteiger partial charge in [-0.1, -0.05) is 12.1 Å². The van der Waals surface area contributed by atoms with Crippen LogP contribution in [0.1, 0.15) is 10.4 Å². The standard InChI is InChI=1S/C17H12N4OS/c22-16(13-6-9-23-11-13)19-14-4-2-12(3-5-14)15-10-21-8-1-7-18-17(21)20-15/h1-11H,(H,19,22). The van der Waals surface area contributed by atoms with E-state index in [0.717, 1.165) is 16.9 Å². The van der Waals surface area contributed by atoms with Gasteiger partial charge >= 0.3 is 0 Å². The van der Waals surface area contributed by atoms with Crippen molar-refractivity contribution in [3.63, 3.8) is 0 Å². The van der Waals surface area contributed by atoms with Crippen molar-refractivity contribution in [2.75, 3.05) is 5.32 Å². The van der Waals surface area contributed by atoms with Gasteiger partial charge in [-0.2, -0.15) is 11.3 Å². The van der Waals surface area contributed by atoms with Crippen LogP contribution in [-0.2, 0) is 0 Å². The van der Waals surface area contributed by atoms with Crippen LogP contribution in [-0.4, -0.2) is 20.3 Å². The van der Waals surface area contributed by atoms with Gasteiger partial charge in [0.05, 0.1) is 11.3 Å². The second-order valence-electron chi connectivity index (χ2n) is 5.00. The number of hydrogen-bond donors (Lipinski definition) is 1. The van der Waals surface area contributed by atoms with Gasteiger partial charge in [0, 0.05) is 35.2 Å². The Balaban J connectivity index is 1.57. The van der Waals surface area contributed by atoms with Crippen molar-refractivity contribution in [3.8, 4) is 11.3 Å². The predicted molar refractivity (Wildman–Crippen MR) is 90.7 cm³/mol. The Morgan fingerprint density at radius 3 is 2.78 bits per heavy atom. The lowest BCUT2D eigenvalue weighted by atomic mass is 10.1. The maximum Gasteiger partial charge on any atom is 0.256 e. The van der Waals surface area contributed by atoms with E-state index in [4.69, 9.17) is 0 Å². The summed E-state index contributed by atoms with van der Waals surface area (Å²) in [5.41, 5.74) is 3.25. The molecule has 6 heteroatoms. The number of nitrogens with zero attached hydrogens (tertiary/aromatic N) is 3. The highest BCUT2D eigenvalue weighted by Gasteiger charge is 2.08. The molecule has 4 aromatic rings. The summed E-state index contributed by atoms with van der Waals surface area (Å²) in [7, 11) is 0. The second kappa shape index (κ2) is 5.66. The average Bonchev–Trinajstić information content (AvgIpc) is 3.25. The van der Waals surface area contributed by atoms with Crippen LogP contribution in [0, 0.1) is 0 Å². The zero-order valence-corrected chi connectivity index (χ0v) is 12.8. The van der Waals surface area contributed by atoms with Crippen molar-refractivity contribution < 1.29 is 4.79 Å². The number of anilines is 1. The van der Waals surface area contributed by atoms with Crippen LogP contribution in [0.5, 0.6) is 0 Å². The SMILES string of the molecule is O=C(Nc1ccc(-c2cn3cccnc3n2)cc1)c1ccsc1. The number of imidazole rings is 1. The summed E-state index contributed by atoms with van der Waals surface area (Å²) in [5, 5.41) is 6.59. The Morgan fingerprint density at radius 1 is 1.17 bits per heavy atom. The fourth-order valence-corrected chi connectivity index (χ4v) is 2.93. The highest BCUT2D eigenvalue weighted by Crippen LogP contribution is 2.21. The van der Waals surface area contributed by atoms with Crippen LogP contribution in [0.25, 0.3) is 17.0 Å². The van der Waals surface area contributed by atoms with Gasteiger partial charge < -0.3 is 5.32 Å². The summed E-state index contributed by atoms with van der Waals surface area (Å²) >= 11 is 1.50. The van der Waals surface area contributed by atoms with E-state index in [1.807, 2.05) is 57.9 Å². The van der Waals surface area contributed by atoms with Crippen molar-refractivity contribution in [3.05, 3.63) is 71.3 Å². The smallest absolute Gasteiger partial charge is 0.256 e. The summed E-state index contributed by atoms with van der Waals surface area (Å²) in [6.45, 7) is 0. The molecule has 3 aromatic heterocycles. The summed E-state index contributed by atoms with van der Waals surface area (Å²) in [6.07, 6.45) is 5.56. The monoisotopic (exact) mass is 320 g/mol. The molecular weight excluding hydrogens is 308 g/mol. The van der Waals surface area contributed by atoms with Crippen LogP contribution >= 0.6 is 11.3 Å². The molecule has 0 bridgehead atoms. The molecule has 112 valence electrons. The maximum atomic E-state index is 12.0. The third kappa shape index (κ3) is 2.72. The van der Waals surface area contributed by atoms with E-state index < -0.39 is 0 Å². The van der Waals surface area contributed by atoms with Crippen molar-refractivity contribution in [2.24, 2.45) is 0 Å². The summed E-state index contributed by atoms with van der Waals surface area (Å²) in [6, 6.07) is 11.3. The van der Waals surface area contributed by atoms with Crippen molar-refractivity contribution in [1.82, 2.24) is 14.4 Å². The number of amides is 1. The van der Waals surface area contributed by atoms with Crippen molar-refractivity contribution in [1.29, 1.82) is 0 Å². The lowest BCUT2D eigenvalue weighted by Gasteiger charge is -2.04. The molecule has 1 amide bonds. The van der Waals surface area contributed by atoms with E-state index >= 15 is 0 Å². The number of benzene rings is 1. The third-order valence-electron chi connectivity index (χ3n) is 3.46. The number of carbonyl (C=O) groups excluding carboxylic acids is 1. The Morgan fingerprint density at radius 2 is 2.04 bits per heavy atom. The Labute approximate surface area is 136 Å². The molecule has 0 saturated carbocycles. The lowest BCUT2D eigenvalue weighted by molar-refractivity contribution is 0.102. The minimum absolute atomic E-state index is 0.101.